The molecule has 24 heavy (non-hydrogen) atoms. The maximum atomic E-state index is 12.6. The lowest BCUT2D eigenvalue weighted by Gasteiger charge is -2.08. The third-order valence-corrected chi connectivity index (χ3v) is 4.63. The molecule has 0 aliphatic rings. The van der Waals surface area contributed by atoms with Gasteiger partial charge in [-0.05, 0) is 30.2 Å². The molecule has 0 radical (unpaired) electrons. The van der Waals surface area contributed by atoms with Gasteiger partial charge in [0, 0.05) is 16.8 Å². The van der Waals surface area contributed by atoms with Gasteiger partial charge in [0.1, 0.15) is 0 Å². The zero-order chi connectivity index (χ0) is 16.7. The van der Waals surface area contributed by atoms with Crippen molar-refractivity contribution in [1.82, 2.24) is 14.0 Å². The molecule has 2 aromatic carbocycles. The van der Waals surface area contributed by atoms with Crippen LogP contribution in [0.15, 0.2) is 59.4 Å². The molecule has 4 nitrogen and oxygen atoms in total. The quantitative estimate of drug-likeness (QED) is 0.568. The Hall–Kier alpha value is -2.59. The van der Waals surface area contributed by atoms with Crippen LogP contribution in [0, 0.1) is 0 Å². The average Bonchev–Trinajstić information content (AvgIpc) is 2.91. The van der Waals surface area contributed by atoms with Gasteiger partial charge in [-0.1, -0.05) is 48.9 Å². The maximum Gasteiger partial charge on any atom is 0.259 e. The lowest BCUT2D eigenvalue weighted by Crippen LogP contribution is -2.15. The Morgan fingerprint density at radius 2 is 1.75 bits per heavy atom. The second-order valence-electron chi connectivity index (χ2n) is 5.74. The van der Waals surface area contributed by atoms with Crippen molar-refractivity contribution in [2.45, 2.75) is 19.9 Å². The number of aryl methyl sites for hydroxylation is 1. The van der Waals surface area contributed by atoms with Crippen molar-refractivity contribution in [1.29, 1.82) is 0 Å². The van der Waals surface area contributed by atoms with E-state index in [2.05, 4.69) is 4.57 Å². The summed E-state index contributed by atoms with van der Waals surface area (Å²) in [5.74, 6) is 0.653. The minimum Gasteiger partial charge on any atom is -0.305 e. The van der Waals surface area contributed by atoms with Crippen LogP contribution in [0.2, 0.25) is 5.02 Å². The van der Waals surface area contributed by atoms with E-state index < -0.39 is 0 Å². The van der Waals surface area contributed by atoms with Gasteiger partial charge in [-0.3, -0.25) is 4.79 Å². The summed E-state index contributed by atoms with van der Waals surface area (Å²) < 4.78 is 3.72. The summed E-state index contributed by atoms with van der Waals surface area (Å²) in [6.07, 6.45) is 0.722. The van der Waals surface area contributed by atoms with Gasteiger partial charge in [-0.15, -0.1) is 0 Å². The molecule has 4 aromatic rings. The van der Waals surface area contributed by atoms with Crippen LogP contribution in [0.5, 0.6) is 0 Å². The molecular weight excluding hydrogens is 322 g/mol. The Balaban J connectivity index is 2.07. The molecule has 0 saturated heterocycles. The lowest BCUT2D eigenvalue weighted by molar-refractivity contribution is 0.823. The van der Waals surface area contributed by atoms with Crippen molar-refractivity contribution in [2.24, 2.45) is 0 Å². The van der Waals surface area contributed by atoms with Gasteiger partial charge in [0.05, 0.1) is 17.6 Å². The van der Waals surface area contributed by atoms with Crippen LogP contribution >= 0.6 is 11.6 Å². The summed E-state index contributed by atoms with van der Waals surface area (Å²) >= 11 is 6.33. The molecule has 0 aliphatic carbocycles. The Kier molecular flexibility index (Phi) is 3.62. The summed E-state index contributed by atoms with van der Waals surface area (Å²) in [6, 6.07) is 17.2. The third-order valence-electron chi connectivity index (χ3n) is 4.26. The number of para-hydroxylation sites is 2. The fourth-order valence-corrected chi connectivity index (χ4v) is 3.24. The highest BCUT2D eigenvalue weighted by molar-refractivity contribution is 6.31. The van der Waals surface area contributed by atoms with Crippen LogP contribution < -0.4 is 5.56 Å². The minimum atomic E-state index is -0.0500. The summed E-state index contributed by atoms with van der Waals surface area (Å²) in [5.41, 5.74) is 3.57. The molecule has 0 bridgehead atoms. The predicted octanol–water partition coefficient (Wildman–Crippen LogP) is 3.91. The highest BCUT2D eigenvalue weighted by atomic mass is 35.5. The molecule has 0 unspecified atom stereocenters. The summed E-state index contributed by atoms with van der Waals surface area (Å²) in [5, 5.41) is 0.711. The van der Waals surface area contributed by atoms with Crippen molar-refractivity contribution in [2.75, 3.05) is 0 Å². The van der Waals surface area contributed by atoms with Crippen molar-refractivity contribution in [3.05, 3.63) is 81.2 Å². The number of halogens is 1. The summed E-state index contributed by atoms with van der Waals surface area (Å²) in [7, 11) is 0. The van der Waals surface area contributed by atoms with Crippen LogP contribution in [0.25, 0.3) is 16.8 Å². The van der Waals surface area contributed by atoms with E-state index >= 15 is 0 Å². The highest BCUT2D eigenvalue weighted by Crippen LogP contribution is 2.23. The van der Waals surface area contributed by atoms with E-state index in [1.165, 1.54) is 0 Å². The molecule has 0 N–H and O–H groups in total. The SMILES string of the molecule is CCc1cc(=O)n2c3ccccc3n(Cc3ccccc3Cl)c2n1. The second-order valence-corrected chi connectivity index (χ2v) is 6.15. The molecule has 2 heterocycles. The molecule has 0 atom stereocenters. The van der Waals surface area contributed by atoms with Gasteiger partial charge in [0.2, 0.25) is 5.78 Å². The van der Waals surface area contributed by atoms with Gasteiger partial charge in [0.25, 0.3) is 5.56 Å². The molecule has 0 amide bonds. The van der Waals surface area contributed by atoms with Gasteiger partial charge in [-0.25, -0.2) is 9.38 Å². The first-order chi connectivity index (χ1) is 11.7. The molecule has 4 rings (SSSR count). The third kappa shape index (κ3) is 2.31. The van der Waals surface area contributed by atoms with Crippen molar-refractivity contribution >= 4 is 28.4 Å². The lowest BCUT2D eigenvalue weighted by atomic mass is 10.2. The molecule has 0 spiro atoms. The normalized spacial score (nSPS) is 11.4. The van der Waals surface area contributed by atoms with E-state index in [0.717, 1.165) is 28.7 Å². The molecule has 120 valence electrons. The van der Waals surface area contributed by atoms with Crippen molar-refractivity contribution in [3.63, 3.8) is 0 Å². The first-order valence-corrected chi connectivity index (χ1v) is 8.30. The van der Waals surface area contributed by atoms with Crippen LogP contribution in [0.4, 0.5) is 0 Å². The fraction of sp³-hybridized carbons (Fsp3) is 0.158. The average molecular weight is 338 g/mol. The van der Waals surface area contributed by atoms with Gasteiger partial charge in [-0.2, -0.15) is 0 Å². The van der Waals surface area contributed by atoms with Gasteiger partial charge >= 0.3 is 0 Å². The van der Waals surface area contributed by atoms with Gasteiger partial charge < -0.3 is 4.57 Å². The molecule has 0 fully saturated rings. The summed E-state index contributed by atoms with van der Waals surface area (Å²) in [4.78, 5) is 17.3. The molecule has 0 aliphatic heterocycles. The number of aromatic nitrogens is 3. The van der Waals surface area contributed by atoms with E-state index in [-0.39, 0.29) is 5.56 Å². The Morgan fingerprint density at radius 1 is 1.04 bits per heavy atom. The van der Waals surface area contributed by atoms with E-state index in [4.69, 9.17) is 16.6 Å². The topological polar surface area (TPSA) is 39.3 Å². The maximum absolute atomic E-state index is 12.6. The number of fused-ring (bicyclic) bond motifs is 3. The van der Waals surface area contributed by atoms with Crippen LogP contribution in [0.1, 0.15) is 18.2 Å². The zero-order valence-electron chi connectivity index (χ0n) is 13.2. The van der Waals surface area contributed by atoms with Crippen LogP contribution in [-0.4, -0.2) is 14.0 Å². The zero-order valence-corrected chi connectivity index (χ0v) is 14.0. The standard InChI is InChI=1S/C19H16ClN3O/c1-2-14-11-18(24)23-17-10-6-5-9-16(17)22(19(23)21-14)12-13-7-3-4-8-15(13)20/h3-11H,2,12H2,1H3. The second kappa shape index (κ2) is 5.80. The Bertz CT molecular complexity index is 1110. The number of imidazole rings is 1. The summed E-state index contributed by atoms with van der Waals surface area (Å²) in [6.45, 7) is 2.57. The number of rotatable bonds is 3. The monoisotopic (exact) mass is 337 g/mol. The fourth-order valence-electron chi connectivity index (χ4n) is 3.05. The largest absolute Gasteiger partial charge is 0.305 e. The molecular formula is C19H16ClN3O. The van der Waals surface area contributed by atoms with Gasteiger partial charge in [0.15, 0.2) is 0 Å². The smallest absolute Gasteiger partial charge is 0.259 e. The molecule has 5 heteroatoms. The highest BCUT2D eigenvalue weighted by Gasteiger charge is 2.15. The number of hydrogen-bond acceptors (Lipinski definition) is 2. The van der Waals surface area contributed by atoms with E-state index in [1.54, 1.807) is 10.5 Å². The van der Waals surface area contributed by atoms with Crippen molar-refractivity contribution < 1.29 is 0 Å². The van der Waals surface area contributed by atoms with Crippen molar-refractivity contribution in [3.8, 4) is 0 Å². The first-order valence-electron chi connectivity index (χ1n) is 7.92. The number of hydrogen-bond donors (Lipinski definition) is 0. The van der Waals surface area contributed by atoms with Crippen LogP contribution in [-0.2, 0) is 13.0 Å². The minimum absolute atomic E-state index is 0.0500. The molecule has 2 aromatic heterocycles. The Labute approximate surface area is 143 Å². The number of nitrogens with zero attached hydrogens (tertiary/aromatic N) is 3. The molecule has 0 saturated carbocycles. The predicted molar refractivity (Wildman–Crippen MR) is 96.9 cm³/mol. The van der Waals surface area contributed by atoms with E-state index in [0.29, 0.717) is 17.3 Å². The number of benzene rings is 2. The first kappa shape index (κ1) is 15.0. The van der Waals surface area contributed by atoms with E-state index in [1.807, 2.05) is 55.5 Å². The van der Waals surface area contributed by atoms with E-state index in [9.17, 15) is 4.79 Å². The van der Waals surface area contributed by atoms with Crippen LogP contribution in [0.3, 0.4) is 0 Å². The Morgan fingerprint density at radius 3 is 2.50 bits per heavy atom.